The molecule has 0 saturated heterocycles. The Kier molecular flexibility index (Phi) is 4.86. The molecule has 0 bridgehead atoms. The highest BCUT2D eigenvalue weighted by molar-refractivity contribution is 5.29. The molecule has 4 nitrogen and oxygen atoms in total. The van der Waals surface area contributed by atoms with Gasteiger partial charge in [-0.15, -0.1) is 0 Å². The molecule has 1 aromatic heterocycles. The van der Waals surface area contributed by atoms with E-state index in [9.17, 15) is 0 Å². The number of hydrogen-bond acceptors (Lipinski definition) is 3. The van der Waals surface area contributed by atoms with E-state index in [0.717, 1.165) is 11.9 Å². The van der Waals surface area contributed by atoms with Crippen LogP contribution in [0.3, 0.4) is 0 Å². The Bertz CT molecular complexity index is 390. The average Bonchev–Trinajstić information content (AvgIpc) is 2.81. The van der Waals surface area contributed by atoms with Gasteiger partial charge in [0.1, 0.15) is 0 Å². The average molecular weight is 265 g/mol. The van der Waals surface area contributed by atoms with Gasteiger partial charge in [0.15, 0.2) is 0 Å². The Morgan fingerprint density at radius 3 is 2.95 bits per heavy atom. The molecule has 0 radical (unpaired) electrons. The van der Waals surface area contributed by atoms with E-state index in [2.05, 4.69) is 35.6 Å². The summed E-state index contributed by atoms with van der Waals surface area (Å²) in [6.45, 7) is 7.57. The zero-order valence-corrected chi connectivity index (χ0v) is 12.6. The van der Waals surface area contributed by atoms with Crippen molar-refractivity contribution >= 4 is 5.95 Å². The number of methoxy groups -OCH3 is 1. The molecule has 4 atom stereocenters. The maximum Gasteiger partial charge on any atom is 0.203 e. The molecule has 0 spiro atoms. The minimum atomic E-state index is 0.313. The van der Waals surface area contributed by atoms with Crippen LogP contribution in [0.15, 0.2) is 12.4 Å². The molecule has 0 aromatic carbocycles. The van der Waals surface area contributed by atoms with E-state index in [4.69, 9.17) is 4.74 Å². The van der Waals surface area contributed by atoms with Gasteiger partial charge in [0, 0.05) is 25.5 Å². The lowest BCUT2D eigenvalue weighted by Crippen LogP contribution is -2.34. The summed E-state index contributed by atoms with van der Waals surface area (Å²) in [5.41, 5.74) is 0. The highest BCUT2D eigenvalue weighted by Gasteiger charge is 2.26. The van der Waals surface area contributed by atoms with Crippen LogP contribution in [0.4, 0.5) is 5.95 Å². The first kappa shape index (κ1) is 14.4. The van der Waals surface area contributed by atoms with Crippen molar-refractivity contribution in [2.45, 2.75) is 52.1 Å². The van der Waals surface area contributed by atoms with E-state index >= 15 is 0 Å². The Balaban J connectivity index is 2.01. The van der Waals surface area contributed by atoms with Crippen LogP contribution in [0, 0.1) is 11.8 Å². The number of imidazole rings is 1. The largest absolute Gasteiger partial charge is 0.383 e. The monoisotopic (exact) mass is 265 g/mol. The zero-order valence-electron chi connectivity index (χ0n) is 12.6. The Morgan fingerprint density at radius 1 is 1.47 bits per heavy atom. The molecule has 1 N–H and O–H groups in total. The van der Waals surface area contributed by atoms with Crippen molar-refractivity contribution in [2.24, 2.45) is 11.8 Å². The van der Waals surface area contributed by atoms with Gasteiger partial charge in [0.2, 0.25) is 5.95 Å². The lowest BCUT2D eigenvalue weighted by molar-refractivity contribution is 0.162. The van der Waals surface area contributed by atoms with Crippen molar-refractivity contribution in [3.63, 3.8) is 0 Å². The molecule has 2 rings (SSSR count). The summed E-state index contributed by atoms with van der Waals surface area (Å²) in [6, 6.07) is 0.861. The second-order valence-corrected chi connectivity index (χ2v) is 6.11. The molecular formula is C15H27N3O. The van der Waals surface area contributed by atoms with Gasteiger partial charge in [-0.2, -0.15) is 0 Å². The highest BCUT2D eigenvalue weighted by atomic mass is 16.5. The van der Waals surface area contributed by atoms with Crippen LogP contribution >= 0.6 is 0 Å². The molecule has 1 aliphatic rings. The third-order valence-corrected chi connectivity index (χ3v) is 4.30. The molecule has 108 valence electrons. The first-order valence-electron chi connectivity index (χ1n) is 7.40. The van der Waals surface area contributed by atoms with E-state index < -0.39 is 0 Å². The van der Waals surface area contributed by atoms with Crippen molar-refractivity contribution in [3.8, 4) is 0 Å². The molecule has 4 heteroatoms. The number of nitrogens with one attached hydrogen (secondary N) is 1. The van der Waals surface area contributed by atoms with Crippen molar-refractivity contribution in [1.29, 1.82) is 0 Å². The second-order valence-electron chi connectivity index (χ2n) is 6.11. The van der Waals surface area contributed by atoms with E-state index in [1.165, 1.54) is 19.3 Å². The lowest BCUT2D eigenvalue weighted by atomic mass is 9.80. The van der Waals surface area contributed by atoms with Crippen LogP contribution < -0.4 is 5.32 Å². The van der Waals surface area contributed by atoms with Crippen molar-refractivity contribution < 1.29 is 4.74 Å². The summed E-state index contributed by atoms with van der Waals surface area (Å²) in [5.74, 6) is 2.56. The molecule has 1 fully saturated rings. The number of nitrogens with zero attached hydrogens (tertiary/aromatic N) is 2. The summed E-state index contributed by atoms with van der Waals surface area (Å²) in [4.78, 5) is 4.46. The Hall–Kier alpha value is -1.03. The van der Waals surface area contributed by atoms with Crippen molar-refractivity contribution in [2.75, 3.05) is 19.0 Å². The van der Waals surface area contributed by atoms with E-state index in [1.807, 2.05) is 12.4 Å². The van der Waals surface area contributed by atoms with E-state index in [1.54, 1.807) is 7.11 Å². The van der Waals surface area contributed by atoms with Crippen LogP contribution in [-0.4, -0.2) is 29.3 Å². The van der Waals surface area contributed by atoms with Crippen LogP contribution in [-0.2, 0) is 4.74 Å². The molecule has 4 unspecified atom stereocenters. The fourth-order valence-electron chi connectivity index (χ4n) is 3.15. The lowest BCUT2D eigenvalue weighted by Gasteiger charge is -2.33. The number of hydrogen-bond donors (Lipinski definition) is 1. The van der Waals surface area contributed by atoms with Crippen LogP contribution in [0.5, 0.6) is 0 Å². The maximum atomic E-state index is 5.23. The normalized spacial score (nSPS) is 29.2. The van der Waals surface area contributed by atoms with Crippen LogP contribution in [0.25, 0.3) is 0 Å². The molecular weight excluding hydrogens is 238 g/mol. The van der Waals surface area contributed by atoms with Crippen molar-refractivity contribution in [3.05, 3.63) is 12.4 Å². The van der Waals surface area contributed by atoms with Gasteiger partial charge >= 0.3 is 0 Å². The molecule has 1 saturated carbocycles. The van der Waals surface area contributed by atoms with Gasteiger partial charge < -0.3 is 14.6 Å². The third kappa shape index (κ3) is 3.50. The number of anilines is 1. The molecule has 0 amide bonds. The van der Waals surface area contributed by atoms with E-state index in [-0.39, 0.29) is 0 Å². The molecule has 1 heterocycles. The number of aromatic nitrogens is 2. The Morgan fingerprint density at radius 2 is 2.26 bits per heavy atom. The number of rotatable bonds is 5. The van der Waals surface area contributed by atoms with Crippen molar-refractivity contribution in [1.82, 2.24) is 9.55 Å². The first-order valence-corrected chi connectivity index (χ1v) is 7.40. The molecule has 0 aliphatic heterocycles. The standard InChI is InChI=1S/C15H27N3O/c1-11-5-6-14(12(2)9-11)17-15-16-7-8-18(15)13(3)10-19-4/h7-8,11-14H,5-6,9-10H2,1-4H3,(H,16,17). The molecule has 1 aromatic rings. The summed E-state index contributed by atoms with van der Waals surface area (Å²) in [5, 5.41) is 3.64. The number of ether oxygens (including phenoxy) is 1. The SMILES string of the molecule is COCC(C)n1ccnc1NC1CCC(C)CC1C. The smallest absolute Gasteiger partial charge is 0.203 e. The Labute approximate surface area is 116 Å². The van der Waals surface area contributed by atoms with Gasteiger partial charge in [-0.05, 0) is 38.0 Å². The summed E-state index contributed by atoms with van der Waals surface area (Å²) < 4.78 is 7.41. The van der Waals surface area contributed by atoms with Gasteiger partial charge in [0.25, 0.3) is 0 Å². The minimum Gasteiger partial charge on any atom is -0.383 e. The second kappa shape index (κ2) is 6.42. The fourth-order valence-corrected chi connectivity index (χ4v) is 3.15. The topological polar surface area (TPSA) is 39.1 Å². The van der Waals surface area contributed by atoms with Gasteiger partial charge in [0.05, 0.1) is 12.6 Å². The van der Waals surface area contributed by atoms with E-state index in [0.29, 0.717) is 24.6 Å². The summed E-state index contributed by atoms with van der Waals surface area (Å²) >= 11 is 0. The van der Waals surface area contributed by atoms with Crippen LogP contribution in [0.1, 0.15) is 46.1 Å². The first-order chi connectivity index (χ1) is 9.11. The quantitative estimate of drug-likeness (QED) is 0.887. The molecule has 19 heavy (non-hydrogen) atoms. The summed E-state index contributed by atoms with van der Waals surface area (Å²) in [7, 11) is 1.74. The van der Waals surface area contributed by atoms with Crippen LogP contribution in [0.2, 0.25) is 0 Å². The summed E-state index contributed by atoms with van der Waals surface area (Å²) in [6.07, 6.45) is 7.77. The maximum absolute atomic E-state index is 5.23. The predicted octanol–water partition coefficient (Wildman–Crippen LogP) is 3.33. The fraction of sp³-hybridized carbons (Fsp3) is 0.800. The highest BCUT2D eigenvalue weighted by Crippen LogP contribution is 2.30. The van der Waals surface area contributed by atoms with Gasteiger partial charge in [-0.1, -0.05) is 13.8 Å². The predicted molar refractivity (Wildman–Crippen MR) is 78.4 cm³/mol. The zero-order chi connectivity index (χ0) is 13.8. The van der Waals surface area contributed by atoms with Gasteiger partial charge in [-0.3, -0.25) is 0 Å². The molecule has 1 aliphatic carbocycles. The minimum absolute atomic E-state index is 0.313. The van der Waals surface area contributed by atoms with Gasteiger partial charge in [-0.25, -0.2) is 4.98 Å². The third-order valence-electron chi connectivity index (χ3n) is 4.30.